The van der Waals surface area contributed by atoms with Gasteiger partial charge in [-0.05, 0) is 47.5 Å². The molecule has 0 bridgehead atoms. The van der Waals surface area contributed by atoms with E-state index in [9.17, 15) is 9.18 Å². The molecule has 3 aromatic rings. The van der Waals surface area contributed by atoms with Crippen LogP contribution < -0.4 is 0 Å². The molecule has 0 radical (unpaired) electrons. The lowest BCUT2D eigenvalue weighted by Gasteiger charge is -2.21. The van der Waals surface area contributed by atoms with Gasteiger partial charge in [0.05, 0.1) is 19.4 Å². The van der Waals surface area contributed by atoms with Crippen LogP contribution in [0.15, 0.2) is 64.6 Å². The molecular weight excluding hydrogens is 337 g/mol. The summed E-state index contributed by atoms with van der Waals surface area (Å²) in [6, 6.07) is 14.4. The Balaban J connectivity index is 1.51. The van der Waals surface area contributed by atoms with Crippen LogP contribution in [0.25, 0.3) is 0 Å². The Labute approximate surface area is 149 Å². The summed E-state index contributed by atoms with van der Waals surface area (Å²) in [6.07, 6.45) is 2.32. The summed E-state index contributed by atoms with van der Waals surface area (Å²) in [5.74, 6) is 0.438. The Kier molecular flexibility index (Phi) is 4.40. The predicted molar refractivity (Wildman–Crippen MR) is 94.5 cm³/mol. The Morgan fingerprint density at radius 3 is 2.76 bits per heavy atom. The van der Waals surface area contributed by atoms with E-state index in [1.165, 1.54) is 6.07 Å². The minimum Gasteiger partial charge on any atom is -0.467 e. The van der Waals surface area contributed by atoms with E-state index in [4.69, 9.17) is 4.42 Å². The molecule has 1 fully saturated rings. The van der Waals surface area contributed by atoms with Crippen molar-refractivity contribution in [2.75, 3.05) is 0 Å². The van der Waals surface area contributed by atoms with Crippen molar-refractivity contribution >= 4 is 17.2 Å². The lowest BCUT2D eigenvalue weighted by Crippen LogP contribution is -2.31. The molecule has 1 aliphatic carbocycles. The molecule has 0 saturated heterocycles. The summed E-state index contributed by atoms with van der Waals surface area (Å²) in [6.45, 7) is 0.988. The molecule has 25 heavy (non-hydrogen) atoms. The van der Waals surface area contributed by atoms with E-state index in [-0.39, 0.29) is 23.6 Å². The fourth-order valence-corrected chi connectivity index (χ4v) is 3.93. The van der Waals surface area contributed by atoms with Crippen molar-refractivity contribution in [2.24, 2.45) is 5.92 Å². The average Bonchev–Trinajstić information content (AvgIpc) is 2.99. The quantitative estimate of drug-likeness (QED) is 0.636. The van der Waals surface area contributed by atoms with Crippen LogP contribution in [-0.4, -0.2) is 10.8 Å². The topological polar surface area (TPSA) is 33.5 Å². The van der Waals surface area contributed by atoms with Crippen molar-refractivity contribution in [3.8, 4) is 0 Å². The molecule has 5 heteroatoms. The monoisotopic (exact) mass is 355 g/mol. The van der Waals surface area contributed by atoms with Crippen molar-refractivity contribution in [3.05, 3.63) is 82.2 Å². The van der Waals surface area contributed by atoms with E-state index in [1.54, 1.807) is 29.7 Å². The third-order valence-electron chi connectivity index (χ3n) is 4.58. The van der Waals surface area contributed by atoms with Crippen molar-refractivity contribution in [1.82, 2.24) is 4.90 Å². The summed E-state index contributed by atoms with van der Waals surface area (Å²) in [5, 5.41) is 2.00. The molecule has 4 rings (SSSR count). The van der Waals surface area contributed by atoms with Gasteiger partial charge in [0.1, 0.15) is 11.6 Å². The number of rotatable bonds is 6. The molecule has 1 saturated carbocycles. The van der Waals surface area contributed by atoms with Gasteiger partial charge in [0, 0.05) is 10.8 Å². The maximum absolute atomic E-state index is 14.0. The standard InChI is InChI=1S/C20H18FNO2S/c21-19-8-2-1-7-16(19)17-11-18(17)20(23)22(12-14-5-3-9-24-14)13-15-6-4-10-25-15/h1-10,17-18H,11-13H2. The SMILES string of the molecule is O=C(C1CC1c1ccccc1F)N(Cc1ccco1)Cc1cccs1. The highest BCUT2D eigenvalue weighted by Crippen LogP contribution is 2.49. The summed E-state index contributed by atoms with van der Waals surface area (Å²) in [7, 11) is 0. The molecule has 2 aromatic heterocycles. The number of carbonyl (C=O) groups is 1. The van der Waals surface area contributed by atoms with E-state index < -0.39 is 0 Å². The lowest BCUT2D eigenvalue weighted by atomic mass is 10.1. The summed E-state index contributed by atoms with van der Waals surface area (Å²) < 4.78 is 19.4. The van der Waals surface area contributed by atoms with E-state index in [0.29, 0.717) is 25.1 Å². The number of benzene rings is 1. The fourth-order valence-electron chi connectivity index (χ4n) is 3.22. The van der Waals surface area contributed by atoms with Crippen LogP contribution in [0.4, 0.5) is 4.39 Å². The smallest absolute Gasteiger partial charge is 0.227 e. The second kappa shape index (κ2) is 6.84. The second-order valence-corrected chi connectivity index (χ2v) is 7.36. The van der Waals surface area contributed by atoms with Crippen LogP contribution in [-0.2, 0) is 17.9 Å². The normalized spacial score (nSPS) is 18.9. The van der Waals surface area contributed by atoms with Gasteiger partial charge >= 0.3 is 0 Å². The van der Waals surface area contributed by atoms with Crippen LogP contribution >= 0.6 is 11.3 Å². The largest absolute Gasteiger partial charge is 0.467 e. The van der Waals surface area contributed by atoms with Crippen LogP contribution in [0.3, 0.4) is 0 Å². The maximum Gasteiger partial charge on any atom is 0.227 e. The zero-order valence-corrected chi connectivity index (χ0v) is 14.4. The van der Waals surface area contributed by atoms with Crippen LogP contribution in [0.1, 0.15) is 28.5 Å². The summed E-state index contributed by atoms with van der Waals surface area (Å²) in [5.41, 5.74) is 0.648. The van der Waals surface area contributed by atoms with E-state index in [1.807, 2.05) is 40.6 Å². The Morgan fingerprint density at radius 2 is 2.04 bits per heavy atom. The minimum atomic E-state index is -0.223. The highest BCUT2D eigenvalue weighted by Gasteiger charge is 2.46. The third kappa shape index (κ3) is 3.51. The average molecular weight is 355 g/mol. The van der Waals surface area contributed by atoms with Crippen LogP contribution in [0.5, 0.6) is 0 Å². The fraction of sp³-hybridized carbons (Fsp3) is 0.250. The molecule has 3 nitrogen and oxygen atoms in total. The van der Waals surface area contributed by atoms with Crippen molar-refractivity contribution < 1.29 is 13.6 Å². The number of furan rings is 1. The molecule has 0 N–H and O–H groups in total. The van der Waals surface area contributed by atoms with Crippen LogP contribution in [0.2, 0.25) is 0 Å². The van der Waals surface area contributed by atoms with Crippen molar-refractivity contribution in [3.63, 3.8) is 0 Å². The molecule has 128 valence electrons. The molecule has 2 unspecified atom stereocenters. The van der Waals surface area contributed by atoms with E-state index in [2.05, 4.69) is 0 Å². The molecule has 2 atom stereocenters. The van der Waals surface area contributed by atoms with Gasteiger partial charge in [0.2, 0.25) is 5.91 Å². The first-order valence-corrected chi connectivity index (χ1v) is 9.18. The molecule has 0 spiro atoms. The molecule has 1 aromatic carbocycles. The molecular formula is C20H18FNO2S. The number of amides is 1. The first-order valence-electron chi connectivity index (χ1n) is 8.30. The molecule has 1 aliphatic rings. The van der Waals surface area contributed by atoms with E-state index in [0.717, 1.165) is 10.6 Å². The van der Waals surface area contributed by atoms with Gasteiger partial charge in [-0.25, -0.2) is 4.39 Å². The minimum absolute atomic E-state index is 0.0175. The van der Waals surface area contributed by atoms with Gasteiger partial charge in [-0.2, -0.15) is 0 Å². The van der Waals surface area contributed by atoms with E-state index >= 15 is 0 Å². The Bertz CT molecular complexity index is 808. The number of hydrogen-bond donors (Lipinski definition) is 0. The van der Waals surface area contributed by atoms with Gasteiger partial charge < -0.3 is 9.32 Å². The van der Waals surface area contributed by atoms with Gasteiger partial charge in [0.15, 0.2) is 0 Å². The van der Waals surface area contributed by atoms with Crippen LogP contribution in [0, 0.1) is 11.7 Å². The van der Waals surface area contributed by atoms with Crippen molar-refractivity contribution in [2.45, 2.75) is 25.4 Å². The lowest BCUT2D eigenvalue weighted by molar-refractivity contribution is -0.134. The zero-order chi connectivity index (χ0) is 17.2. The first kappa shape index (κ1) is 16.1. The third-order valence-corrected chi connectivity index (χ3v) is 5.44. The van der Waals surface area contributed by atoms with Gasteiger partial charge in [0.25, 0.3) is 0 Å². The zero-order valence-electron chi connectivity index (χ0n) is 13.6. The summed E-state index contributed by atoms with van der Waals surface area (Å²) >= 11 is 1.63. The highest BCUT2D eigenvalue weighted by atomic mass is 32.1. The molecule has 1 amide bonds. The number of thiophene rings is 1. The number of carbonyl (C=O) groups excluding carboxylic acids is 1. The van der Waals surface area contributed by atoms with Crippen molar-refractivity contribution in [1.29, 1.82) is 0 Å². The molecule has 2 heterocycles. The van der Waals surface area contributed by atoms with Gasteiger partial charge in [-0.3, -0.25) is 4.79 Å². The Morgan fingerprint density at radius 1 is 1.16 bits per heavy atom. The highest BCUT2D eigenvalue weighted by molar-refractivity contribution is 7.09. The number of hydrogen-bond acceptors (Lipinski definition) is 3. The van der Waals surface area contributed by atoms with Gasteiger partial charge in [-0.15, -0.1) is 11.3 Å². The summed E-state index contributed by atoms with van der Waals surface area (Å²) in [4.78, 5) is 16.0. The van der Waals surface area contributed by atoms with Gasteiger partial charge in [-0.1, -0.05) is 24.3 Å². The number of halogens is 1. The Hall–Kier alpha value is -2.40. The maximum atomic E-state index is 14.0. The first-order chi connectivity index (χ1) is 12.2. The number of nitrogens with zero attached hydrogens (tertiary/aromatic N) is 1. The predicted octanol–water partition coefficient (Wildman–Crippen LogP) is 4.81. The molecule has 0 aliphatic heterocycles. The second-order valence-electron chi connectivity index (χ2n) is 6.32.